The van der Waals surface area contributed by atoms with Gasteiger partial charge in [-0.3, -0.25) is 0 Å². The standard InChI is InChI=1S/C52H30N6O/c53-31-35-28-34(52-55-50(32-14-4-1-5-15-32)54-51(56-52)33-16-6-2-7-17-33)24-25-41(35)58-42-22-12-10-20-37(42)39-29-40-47(30-45(39)58)59-46-27-26-44-48(49(40)46)38-21-11-13-23-43(38)57(44)36-18-8-3-9-19-36/h1-30H. The van der Waals surface area contributed by atoms with Crippen molar-refractivity contribution >= 4 is 65.6 Å². The van der Waals surface area contributed by atoms with Crippen molar-refractivity contribution in [3.05, 3.63) is 188 Å². The summed E-state index contributed by atoms with van der Waals surface area (Å²) >= 11 is 0. The van der Waals surface area contributed by atoms with Gasteiger partial charge in [0, 0.05) is 60.8 Å². The molecule has 0 saturated carbocycles. The molecule has 274 valence electrons. The van der Waals surface area contributed by atoms with E-state index in [4.69, 9.17) is 19.4 Å². The second-order valence-corrected chi connectivity index (χ2v) is 14.7. The summed E-state index contributed by atoms with van der Waals surface area (Å²) in [7, 11) is 0. The van der Waals surface area contributed by atoms with Crippen molar-refractivity contribution in [2.24, 2.45) is 0 Å². The molecule has 0 aliphatic carbocycles. The minimum absolute atomic E-state index is 0.492. The molecule has 0 unspecified atom stereocenters. The van der Waals surface area contributed by atoms with E-state index in [9.17, 15) is 5.26 Å². The molecule has 12 aromatic rings. The van der Waals surface area contributed by atoms with Crippen LogP contribution in [0.1, 0.15) is 5.56 Å². The largest absolute Gasteiger partial charge is 0.456 e. The lowest BCUT2D eigenvalue weighted by molar-refractivity contribution is 0.669. The molecular formula is C52H30N6O. The topological polar surface area (TPSA) is 85.5 Å². The van der Waals surface area contributed by atoms with Gasteiger partial charge in [0.05, 0.1) is 33.3 Å². The molecule has 7 nitrogen and oxygen atoms in total. The van der Waals surface area contributed by atoms with Gasteiger partial charge in [0.1, 0.15) is 17.2 Å². The molecule has 0 aliphatic rings. The molecule has 0 aliphatic heterocycles. The van der Waals surface area contributed by atoms with E-state index in [1.165, 1.54) is 5.39 Å². The molecule has 59 heavy (non-hydrogen) atoms. The van der Waals surface area contributed by atoms with Gasteiger partial charge in [-0.15, -0.1) is 0 Å². The van der Waals surface area contributed by atoms with Crippen LogP contribution in [-0.2, 0) is 0 Å². The van der Waals surface area contributed by atoms with Gasteiger partial charge in [0.15, 0.2) is 17.5 Å². The molecule has 4 aromatic heterocycles. The molecule has 0 atom stereocenters. The van der Waals surface area contributed by atoms with Gasteiger partial charge < -0.3 is 13.6 Å². The monoisotopic (exact) mass is 754 g/mol. The van der Waals surface area contributed by atoms with Crippen LogP contribution < -0.4 is 0 Å². The molecule has 8 aromatic carbocycles. The maximum absolute atomic E-state index is 10.8. The third kappa shape index (κ3) is 5.04. The van der Waals surface area contributed by atoms with E-state index in [1.807, 2.05) is 91.0 Å². The fourth-order valence-electron chi connectivity index (χ4n) is 8.80. The third-order valence-corrected chi connectivity index (χ3v) is 11.4. The van der Waals surface area contributed by atoms with Crippen LogP contribution in [0, 0.1) is 11.3 Å². The predicted molar refractivity (Wildman–Crippen MR) is 237 cm³/mol. The highest BCUT2D eigenvalue weighted by molar-refractivity contribution is 6.29. The average Bonchev–Trinajstić information content (AvgIpc) is 3.95. The van der Waals surface area contributed by atoms with Crippen molar-refractivity contribution < 1.29 is 4.42 Å². The first-order valence-corrected chi connectivity index (χ1v) is 19.5. The number of hydrogen-bond acceptors (Lipinski definition) is 5. The minimum atomic E-state index is 0.492. The highest BCUT2D eigenvalue weighted by Gasteiger charge is 2.22. The summed E-state index contributed by atoms with van der Waals surface area (Å²) in [6.07, 6.45) is 0. The molecule has 0 radical (unpaired) electrons. The SMILES string of the molecule is N#Cc1cc(-c2nc(-c3ccccc3)nc(-c3ccccc3)n2)ccc1-n1c2ccccc2c2cc3c(cc21)oc1ccc2c(c4ccccc4n2-c2ccccc2)c13. The fourth-order valence-corrected chi connectivity index (χ4v) is 8.80. The van der Waals surface area contributed by atoms with E-state index in [0.717, 1.165) is 88.2 Å². The Morgan fingerprint density at radius 3 is 1.68 bits per heavy atom. The summed E-state index contributed by atoms with van der Waals surface area (Å²) in [6.45, 7) is 0. The highest BCUT2D eigenvalue weighted by Crippen LogP contribution is 2.44. The summed E-state index contributed by atoms with van der Waals surface area (Å²) in [4.78, 5) is 14.7. The zero-order valence-electron chi connectivity index (χ0n) is 31.4. The zero-order valence-corrected chi connectivity index (χ0v) is 31.4. The second-order valence-electron chi connectivity index (χ2n) is 14.7. The predicted octanol–water partition coefficient (Wildman–Crippen LogP) is 12.8. The van der Waals surface area contributed by atoms with Crippen molar-refractivity contribution in [2.45, 2.75) is 0 Å². The molecule has 0 saturated heterocycles. The molecule has 0 bridgehead atoms. The first-order chi connectivity index (χ1) is 29.2. The van der Waals surface area contributed by atoms with E-state index in [1.54, 1.807) is 0 Å². The number of furan rings is 1. The van der Waals surface area contributed by atoms with E-state index < -0.39 is 0 Å². The Labute approximate surface area is 337 Å². The summed E-state index contributed by atoms with van der Waals surface area (Å²) < 4.78 is 11.2. The summed E-state index contributed by atoms with van der Waals surface area (Å²) in [5.74, 6) is 1.62. The van der Waals surface area contributed by atoms with Crippen LogP contribution in [0.4, 0.5) is 0 Å². The molecule has 0 amide bonds. The van der Waals surface area contributed by atoms with Crippen molar-refractivity contribution in [3.8, 4) is 51.6 Å². The van der Waals surface area contributed by atoms with Gasteiger partial charge in [-0.05, 0) is 60.7 Å². The quantitative estimate of drug-likeness (QED) is 0.175. The fraction of sp³-hybridized carbons (Fsp3) is 0. The lowest BCUT2D eigenvalue weighted by atomic mass is 10.0. The van der Waals surface area contributed by atoms with Crippen molar-refractivity contribution in [3.63, 3.8) is 0 Å². The maximum atomic E-state index is 10.8. The van der Waals surface area contributed by atoms with E-state index >= 15 is 0 Å². The number of benzene rings is 8. The van der Waals surface area contributed by atoms with Gasteiger partial charge in [0.25, 0.3) is 0 Å². The number of hydrogen-bond donors (Lipinski definition) is 0. The maximum Gasteiger partial charge on any atom is 0.164 e. The van der Waals surface area contributed by atoms with Crippen LogP contribution in [0.5, 0.6) is 0 Å². The smallest absolute Gasteiger partial charge is 0.164 e. The number of nitriles is 1. The first-order valence-electron chi connectivity index (χ1n) is 19.5. The summed E-state index contributed by atoms with van der Waals surface area (Å²) in [5, 5.41) is 17.4. The summed E-state index contributed by atoms with van der Waals surface area (Å²) in [5.41, 5.74) is 10.7. The lowest BCUT2D eigenvalue weighted by Crippen LogP contribution is -2.02. The van der Waals surface area contributed by atoms with Gasteiger partial charge in [-0.2, -0.15) is 5.26 Å². The van der Waals surface area contributed by atoms with Crippen LogP contribution in [0.25, 0.3) is 111 Å². The molecule has 12 rings (SSSR count). The normalized spacial score (nSPS) is 11.7. The summed E-state index contributed by atoms with van der Waals surface area (Å²) in [6, 6.07) is 64.3. The van der Waals surface area contributed by atoms with Gasteiger partial charge in [0.2, 0.25) is 0 Å². The highest BCUT2D eigenvalue weighted by atomic mass is 16.3. The van der Waals surface area contributed by atoms with Gasteiger partial charge >= 0.3 is 0 Å². The van der Waals surface area contributed by atoms with Gasteiger partial charge in [-0.25, -0.2) is 15.0 Å². The molecule has 0 N–H and O–H groups in total. The molecule has 4 heterocycles. The number of aromatic nitrogens is 5. The Bertz CT molecular complexity index is 3610. The Kier molecular flexibility index (Phi) is 7.16. The zero-order chi connectivity index (χ0) is 39.0. The van der Waals surface area contributed by atoms with Crippen molar-refractivity contribution in [1.29, 1.82) is 5.26 Å². The van der Waals surface area contributed by atoms with Gasteiger partial charge in [-0.1, -0.05) is 115 Å². The average molecular weight is 755 g/mol. The van der Waals surface area contributed by atoms with E-state index in [2.05, 4.69) is 106 Å². The van der Waals surface area contributed by atoms with Crippen LogP contribution in [0.2, 0.25) is 0 Å². The van der Waals surface area contributed by atoms with E-state index in [-0.39, 0.29) is 0 Å². The molecular weight excluding hydrogens is 725 g/mol. The third-order valence-electron chi connectivity index (χ3n) is 11.4. The van der Waals surface area contributed by atoms with Crippen LogP contribution in [0.3, 0.4) is 0 Å². The Morgan fingerprint density at radius 2 is 1.00 bits per heavy atom. The minimum Gasteiger partial charge on any atom is -0.456 e. The van der Waals surface area contributed by atoms with Crippen LogP contribution in [-0.4, -0.2) is 24.1 Å². The van der Waals surface area contributed by atoms with E-state index in [0.29, 0.717) is 23.0 Å². The first kappa shape index (κ1) is 32.9. The lowest BCUT2D eigenvalue weighted by Gasteiger charge is -2.12. The Balaban J connectivity index is 1.07. The number of para-hydroxylation sites is 3. The second kappa shape index (κ2) is 12.8. The number of fused-ring (bicyclic) bond motifs is 10. The number of nitrogens with zero attached hydrogens (tertiary/aromatic N) is 6. The Hall–Kier alpha value is -8.34. The van der Waals surface area contributed by atoms with Crippen molar-refractivity contribution in [1.82, 2.24) is 24.1 Å². The van der Waals surface area contributed by atoms with Crippen LogP contribution in [0.15, 0.2) is 186 Å². The Morgan fingerprint density at radius 1 is 0.407 bits per heavy atom. The molecule has 0 fully saturated rings. The number of rotatable bonds is 5. The van der Waals surface area contributed by atoms with Crippen molar-refractivity contribution in [2.75, 3.05) is 0 Å². The van der Waals surface area contributed by atoms with Crippen LogP contribution >= 0.6 is 0 Å². The molecule has 7 heteroatoms. The molecule has 0 spiro atoms.